The number of carbonyl (C=O) groups is 5. The van der Waals surface area contributed by atoms with Gasteiger partial charge < -0.3 is 31.5 Å². The van der Waals surface area contributed by atoms with Gasteiger partial charge in [0, 0.05) is 58.9 Å². The Kier molecular flexibility index (Phi) is 19.0. The van der Waals surface area contributed by atoms with Crippen molar-refractivity contribution in [3.05, 3.63) is 0 Å². The number of unbranched alkanes of at least 4 members (excludes halogenated alkanes) is 1. The maximum atomic E-state index is 12.5. The molecule has 1 aliphatic rings. The fraction of sp³-hybridized carbons (Fsp3) is 0.773. The summed E-state index contributed by atoms with van der Waals surface area (Å²) in [5.74, 6) is -4.38. The van der Waals surface area contributed by atoms with Crippen molar-refractivity contribution in [3.8, 4) is 0 Å². The van der Waals surface area contributed by atoms with E-state index in [0.29, 0.717) is 78.2 Å². The summed E-state index contributed by atoms with van der Waals surface area (Å²) >= 11 is 0. The van der Waals surface area contributed by atoms with Gasteiger partial charge in [-0.25, -0.2) is 0 Å². The molecule has 1 aliphatic heterocycles. The largest absolute Gasteiger partial charge is 3.00 e. The second kappa shape index (κ2) is 20.0. The zero-order valence-corrected chi connectivity index (χ0v) is 25.0. The minimum Gasteiger partial charge on any atom is -0.480 e. The maximum absolute atomic E-state index is 12.5. The molecule has 15 nitrogen and oxygen atoms in total. The summed E-state index contributed by atoms with van der Waals surface area (Å²) in [5.41, 5.74) is 5.46. The van der Waals surface area contributed by atoms with Crippen molar-refractivity contribution in [1.29, 1.82) is 0 Å². The summed E-state index contributed by atoms with van der Waals surface area (Å²) in [7, 11) is 0. The predicted octanol–water partition coefficient (Wildman–Crippen LogP) is -3.22. The average Bonchev–Trinajstić information content (AvgIpc) is 2.79. The number of nitrogens with one attached hydrogen (secondary N) is 1. The Morgan fingerprint density at radius 1 is 0.632 bits per heavy atom. The topological polar surface area (TPSA) is 217 Å². The Labute approximate surface area is 240 Å². The van der Waals surface area contributed by atoms with E-state index < -0.39 is 29.9 Å². The third-order valence-corrected chi connectivity index (χ3v) is 5.95. The van der Waals surface area contributed by atoms with Crippen LogP contribution in [0.25, 0.3) is 0 Å². The molecule has 1 heterocycles. The van der Waals surface area contributed by atoms with Gasteiger partial charge in [-0.05, 0) is 19.3 Å². The van der Waals surface area contributed by atoms with Crippen LogP contribution in [-0.4, -0.2) is 187 Å². The van der Waals surface area contributed by atoms with E-state index in [1.807, 2.05) is 4.90 Å². The molecule has 7 N–H and O–H groups in total. The van der Waals surface area contributed by atoms with Crippen molar-refractivity contribution in [2.75, 3.05) is 85.1 Å². The van der Waals surface area contributed by atoms with Crippen LogP contribution >= 0.6 is 0 Å². The Balaban J connectivity index is 0.0000137. The number of carboxylic acid groups (broad SMARTS) is 4. The molecular formula is C22H40InN6O9+3. The van der Waals surface area contributed by atoms with E-state index in [2.05, 4.69) is 5.32 Å². The van der Waals surface area contributed by atoms with Crippen molar-refractivity contribution in [3.63, 3.8) is 0 Å². The number of hydrogen-bond donors (Lipinski definition) is 6. The van der Waals surface area contributed by atoms with E-state index in [1.165, 1.54) is 0 Å². The van der Waals surface area contributed by atoms with Crippen molar-refractivity contribution >= 4 is 55.6 Å². The van der Waals surface area contributed by atoms with Crippen molar-refractivity contribution in [2.45, 2.75) is 25.3 Å². The minimum atomic E-state index is -1.07. The van der Waals surface area contributed by atoms with Crippen LogP contribution in [0.2, 0.25) is 0 Å². The zero-order chi connectivity index (χ0) is 27.8. The smallest absolute Gasteiger partial charge is 0.480 e. The van der Waals surface area contributed by atoms with E-state index in [9.17, 15) is 39.3 Å². The summed E-state index contributed by atoms with van der Waals surface area (Å²) in [6.45, 7) is 2.25. The number of nitrogens with zero attached hydrogens (tertiary/aromatic N) is 4. The molecule has 0 aromatic heterocycles. The molecule has 1 atom stereocenters. The molecule has 212 valence electrons. The van der Waals surface area contributed by atoms with Crippen LogP contribution in [0.3, 0.4) is 0 Å². The van der Waals surface area contributed by atoms with Gasteiger partial charge in [-0.15, -0.1) is 0 Å². The molecule has 1 rings (SSSR count). The van der Waals surface area contributed by atoms with Crippen molar-refractivity contribution in [1.82, 2.24) is 24.9 Å². The second-order valence-corrected chi connectivity index (χ2v) is 9.08. The van der Waals surface area contributed by atoms with Crippen LogP contribution < -0.4 is 11.1 Å². The van der Waals surface area contributed by atoms with E-state index in [-0.39, 0.29) is 57.9 Å². The van der Waals surface area contributed by atoms with E-state index in [4.69, 9.17) is 10.8 Å². The van der Waals surface area contributed by atoms with Crippen LogP contribution in [0, 0.1) is 0 Å². The van der Waals surface area contributed by atoms with Gasteiger partial charge in [-0.2, -0.15) is 0 Å². The molecule has 1 fully saturated rings. The van der Waals surface area contributed by atoms with Crippen molar-refractivity contribution < 1.29 is 44.4 Å². The number of aliphatic carboxylic acids is 4. The van der Waals surface area contributed by atoms with Crippen LogP contribution in [-0.2, 0) is 24.0 Å². The quantitative estimate of drug-likeness (QED) is 0.103. The van der Waals surface area contributed by atoms with Gasteiger partial charge in [0.2, 0.25) is 5.91 Å². The molecule has 1 saturated heterocycles. The summed E-state index contributed by atoms with van der Waals surface area (Å²) < 4.78 is 0. The van der Waals surface area contributed by atoms with Crippen LogP contribution in [0.5, 0.6) is 0 Å². The minimum absolute atomic E-state index is 0. The molecule has 1 amide bonds. The molecule has 16 heteroatoms. The number of carbonyl (C=O) groups excluding carboxylic acids is 1. The molecule has 0 aromatic rings. The molecule has 0 bridgehead atoms. The monoisotopic (exact) mass is 643 g/mol. The number of hydrogen-bond acceptors (Lipinski definition) is 10. The molecule has 0 aliphatic carbocycles. The molecule has 0 spiro atoms. The first-order chi connectivity index (χ1) is 17.5. The van der Waals surface area contributed by atoms with E-state index in [0.717, 1.165) is 0 Å². The van der Waals surface area contributed by atoms with Crippen LogP contribution in [0.4, 0.5) is 0 Å². The standard InChI is InChI=1S/C22H40N6O9.In/c23-17(22(36)37)3-1-2-4-24-18(29)13-25-5-7-26(14-19(30)31)9-11-28(16-21(34)35)12-10-27(8-6-25)15-20(32)33;/h17H,1-16,23H2,(H,24,29)(H,30,31)(H,32,33)(H,34,35)(H,36,37);/q;+3/t17-;/m0./s1/i;1-4. The Morgan fingerprint density at radius 2 is 0.974 bits per heavy atom. The van der Waals surface area contributed by atoms with Crippen LogP contribution in [0.15, 0.2) is 0 Å². The van der Waals surface area contributed by atoms with Gasteiger partial charge >= 0.3 is 49.7 Å². The van der Waals surface area contributed by atoms with E-state index >= 15 is 0 Å². The van der Waals surface area contributed by atoms with Gasteiger partial charge in [-0.1, -0.05) is 0 Å². The van der Waals surface area contributed by atoms with Crippen molar-refractivity contribution in [2.24, 2.45) is 5.73 Å². The molecule has 0 aromatic carbocycles. The molecule has 38 heavy (non-hydrogen) atoms. The molecule has 0 unspecified atom stereocenters. The van der Waals surface area contributed by atoms with Crippen LogP contribution in [0.1, 0.15) is 19.3 Å². The third kappa shape index (κ3) is 17.5. The number of nitrogens with two attached hydrogens (primary N) is 1. The van der Waals surface area contributed by atoms with Gasteiger partial charge in [0.05, 0.1) is 26.2 Å². The first-order valence-electron chi connectivity index (χ1n) is 12.3. The third-order valence-electron chi connectivity index (χ3n) is 5.95. The Hall–Kier alpha value is -1.98. The molecule has 0 saturated carbocycles. The number of amides is 1. The summed E-state index contributed by atoms with van der Waals surface area (Å²) in [4.78, 5) is 64.0. The molecular weight excluding hydrogens is 603 g/mol. The fourth-order valence-electron chi connectivity index (χ4n) is 3.88. The first kappa shape index (κ1) is 36.0. The predicted molar refractivity (Wildman–Crippen MR) is 137 cm³/mol. The number of carboxylic acids is 4. The fourth-order valence-corrected chi connectivity index (χ4v) is 3.88. The van der Waals surface area contributed by atoms with E-state index in [1.54, 1.807) is 14.7 Å². The SMILES string of the molecule is N[C@@H](CCCCNC(=O)CN1CCN(CC(=O)O)CCN(CC(=O)O)CCN(CC(=O)O)CC1)C(=O)O.[111In+3]. The van der Waals surface area contributed by atoms with Gasteiger partial charge in [0.1, 0.15) is 6.04 Å². The second-order valence-electron chi connectivity index (χ2n) is 9.08. The molecule has 0 radical (unpaired) electrons. The maximum Gasteiger partial charge on any atom is 3.00 e. The van der Waals surface area contributed by atoms with Gasteiger partial charge in [-0.3, -0.25) is 43.6 Å². The summed E-state index contributed by atoms with van der Waals surface area (Å²) in [6, 6.07) is -0.934. The first-order valence-corrected chi connectivity index (χ1v) is 12.3. The normalized spacial score (nSPS) is 17.8. The van der Waals surface area contributed by atoms with Gasteiger partial charge in [0.15, 0.2) is 0 Å². The Morgan fingerprint density at radius 3 is 1.29 bits per heavy atom. The Bertz CT molecular complexity index is 744. The average molecular weight is 644 g/mol. The summed E-state index contributed by atoms with van der Waals surface area (Å²) in [6.07, 6.45) is 1.42. The number of rotatable bonds is 14. The summed E-state index contributed by atoms with van der Waals surface area (Å²) in [5, 5.41) is 39.3. The van der Waals surface area contributed by atoms with Gasteiger partial charge in [0.25, 0.3) is 0 Å². The zero-order valence-electron chi connectivity index (χ0n) is 21.7.